The number of phenolic OH excluding ortho intramolecular Hbond substituents is 2. The van der Waals surface area contributed by atoms with Gasteiger partial charge in [-0.15, -0.1) is 0 Å². The molecule has 0 fully saturated rings. The Bertz CT molecular complexity index is 1170. The Balaban J connectivity index is 2.04. The van der Waals surface area contributed by atoms with Gasteiger partial charge < -0.3 is 20.0 Å². The molecule has 0 radical (unpaired) electrons. The van der Waals surface area contributed by atoms with E-state index in [-0.39, 0.29) is 35.1 Å². The average molecular weight is 464 g/mol. The molecule has 0 unspecified atom stereocenters. The number of nitrogens with zero attached hydrogens (tertiary/aromatic N) is 2. The Morgan fingerprint density at radius 1 is 0.882 bits per heavy atom. The lowest BCUT2D eigenvalue weighted by molar-refractivity contribution is 0.0706. The number of hydrogen-bond donors (Lipinski definition) is 4. The Labute approximate surface area is 198 Å². The molecular weight excluding hydrogens is 434 g/mol. The summed E-state index contributed by atoms with van der Waals surface area (Å²) < 4.78 is 0. The van der Waals surface area contributed by atoms with Crippen LogP contribution >= 0.6 is 0 Å². The van der Waals surface area contributed by atoms with E-state index in [4.69, 9.17) is 5.21 Å². The van der Waals surface area contributed by atoms with E-state index < -0.39 is 11.8 Å². The van der Waals surface area contributed by atoms with E-state index in [1.165, 1.54) is 17.0 Å². The summed E-state index contributed by atoms with van der Waals surface area (Å²) in [6.45, 7) is 3.95. The molecule has 0 bridgehead atoms. The van der Waals surface area contributed by atoms with Crippen molar-refractivity contribution in [2.45, 2.75) is 26.3 Å². The van der Waals surface area contributed by atoms with Crippen LogP contribution in [-0.2, 0) is 6.54 Å². The highest BCUT2D eigenvalue weighted by atomic mass is 16.5. The van der Waals surface area contributed by atoms with Gasteiger partial charge in [-0.05, 0) is 59.5 Å². The second-order valence-corrected chi connectivity index (χ2v) is 8.52. The Morgan fingerprint density at radius 2 is 1.47 bits per heavy atom. The first-order valence-corrected chi connectivity index (χ1v) is 10.8. The number of benzene rings is 3. The average Bonchev–Trinajstić information content (AvgIpc) is 2.82. The molecule has 0 spiro atoms. The number of aromatic hydroxyl groups is 2. The highest BCUT2D eigenvalue weighted by Gasteiger charge is 2.24. The van der Waals surface area contributed by atoms with E-state index >= 15 is 0 Å². The Morgan fingerprint density at radius 3 is 2.00 bits per heavy atom. The fourth-order valence-corrected chi connectivity index (χ4v) is 3.59. The molecule has 0 saturated heterocycles. The summed E-state index contributed by atoms with van der Waals surface area (Å²) in [5.41, 5.74) is 4.82. The summed E-state index contributed by atoms with van der Waals surface area (Å²) >= 11 is 0. The van der Waals surface area contributed by atoms with Gasteiger partial charge in [-0.25, -0.2) is 5.48 Å². The minimum atomic E-state index is -0.631. The van der Waals surface area contributed by atoms with Gasteiger partial charge in [0.15, 0.2) is 0 Å². The molecule has 3 aromatic carbocycles. The summed E-state index contributed by atoms with van der Waals surface area (Å²) in [6, 6.07) is 16.6. The van der Waals surface area contributed by atoms with Crippen molar-refractivity contribution in [3.63, 3.8) is 0 Å². The number of carbonyl (C=O) groups excluding carboxylic acids is 2. The number of anilines is 2. The number of phenols is 2. The van der Waals surface area contributed by atoms with E-state index in [1.807, 2.05) is 57.1 Å². The standard InChI is InChI=1S/C26H29N3O5/c1-16(2)21-13-22(24(31)14-23(21)30)26(33)29(20-11-9-19(10-12-20)28(3)4)15-17-5-7-18(8-6-17)25(32)27-34/h5-14,16,30-31,34H,15H2,1-4H3,(H,27,32). The number of carbonyl (C=O) groups is 2. The van der Waals surface area contributed by atoms with Gasteiger partial charge in [-0.2, -0.15) is 0 Å². The second-order valence-electron chi connectivity index (χ2n) is 8.52. The summed E-state index contributed by atoms with van der Waals surface area (Å²) in [5, 5.41) is 29.5. The molecule has 178 valence electrons. The predicted octanol–water partition coefficient (Wildman–Crippen LogP) is 4.25. The molecule has 4 N–H and O–H groups in total. The lowest BCUT2D eigenvalue weighted by Crippen LogP contribution is -2.30. The summed E-state index contributed by atoms with van der Waals surface area (Å²) in [7, 11) is 3.84. The zero-order chi connectivity index (χ0) is 25.0. The van der Waals surface area contributed by atoms with Crippen LogP contribution in [0.5, 0.6) is 11.5 Å². The molecule has 0 aromatic heterocycles. The van der Waals surface area contributed by atoms with E-state index in [2.05, 4.69) is 0 Å². The van der Waals surface area contributed by atoms with E-state index in [9.17, 15) is 19.8 Å². The van der Waals surface area contributed by atoms with Crippen LogP contribution in [0.2, 0.25) is 0 Å². The third-order valence-corrected chi connectivity index (χ3v) is 5.58. The van der Waals surface area contributed by atoms with Gasteiger partial charge in [0.05, 0.1) is 12.1 Å². The predicted molar refractivity (Wildman–Crippen MR) is 131 cm³/mol. The van der Waals surface area contributed by atoms with Gasteiger partial charge >= 0.3 is 0 Å². The molecule has 0 heterocycles. The van der Waals surface area contributed by atoms with Crippen LogP contribution in [0, 0.1) is 0 Å². The highest BCUT2D eigenvalue weighted by molar-refractivity contribution is 6.08. The quantitative estimate of drug-likeness (QED) is 0.308. The Kier molecular flexibility index (Phi) is 7.43. The second kappa shape index (κ2) is 10.3. The normalized spacial score (nSPS) is 10.8. The number of hydrogen-bond acceptors (Lipinski definition) is 6. The van der Waals surface area contributed by atoms with Crippen molar-refractivity contribution in [3.05, 3.63) is 82.9 Å². The van der Waals surface area contributed by atoms with Crippen molar-refractivity contribution in [1.82, 2.24) is 5.48 Å². The number of amides is 2. The maximum Gasteiger partial charge on any atom is 0.274 e. The third kappa shape index (κ3) is 5.29. The van der Waals surface area contributed by atoms with Gasteiger partial charge in [-0.1, -0.05) is 26.0 Å². The molecule has 3 aromatic rings. The molecule has 0 aliphatic heterocycles. The number of rotatable bonds is 7. The largest absolute Gasteiger partial charge is 0.508 e. The molecule has 0 atom stereocenters. The molecule has 8 heteroatoms. The van der Waals surface area contributed by atoms with Gasteiger partial charge in [0, 0.05) is 37.1 Å². The Hall–Kier alpha value is -4.04. The molecule has 2 amide bonds. The van der Waals surface area contributed by atoms with E-state index in [0.717, 1.165) is 11.3 Å². The van der Waals surface area contributed by atoms with Crippen molar-refractivity contribution in [2.24, 2.45) is 0 Å². The fourth-order valence-electron chi connectivity index (χ4n) is 3.59. The van der Waals surface area contributed by atoms with Crippen LogP contribution < -0.4 is 15.3 Å². The summed E-state index contributed by atoms with van der Waals surface area (Å²) in [4.78, 5) is 28.8. The summed E-state index contributed by atoms with van der Waals surface area (Å²) in [5.74, 6) is -1.49. The molecule has 34 heavy (non-hydrogen) atoms. The molecule has 0 aliphatic carbocycles. The first-order valence-electron chi connectivity index (χ1n) is 10.8. The van der Waals surface area contributed by atoms with Crippen molar-refractivity contribution in [1.29, 1.82) is 0 Å². The first-order chi connectivity index (χ1) is 16.1. The number of nitrogens with one attached hydrogen (secondary N) is 1. The summed E-state index contributed by atoms with van der Waals surface area (Å²) in [6.07, 6.45) is 0. The van der Waals surface area contributed by atoms with Gasteiger partial charge in [0.2, 0.25) is 0 Å². The van der Waals surface area contributed by atoms with Crippen LogP contribution in [0.25, 0.3) is 0 Å². The van der Waals surface area contributed by atoms with E-state index in [1.54, 1.807) is 29.7 Å². The van der Waals surface area contributed by atoms with Crippen molar-refractivity contribution in [3.8, 4) is 11.5 Å². The van der Waals surface area contributed by atoms with Crippen LogP contribution in [0.3, 0.4) is 0 Å². The third-order valence-electron chi connectivity index (χ3n) is 5.58. The van der Waals surface area contributed by atoms with Crippen LogP contribution in [0.15, 0.2) is 60.7 Å². The molecule has 0 aliphatic rings. The van der Waals surface area contributed by atoms with Crippen molar-refractivity contribution in [2.75, 3.05) is 23.9 Å². The zero-order valence-electron chi connectivity index (χ0n) is 19.6. The van der Waals surface area contributed by atoms with Crippen LogP contribution in [-0.4, -0.2) is 41.3 Å². The lowest BCUT2D eigenvalue weighted by Gasteiger charge is -2.25. The fraction of sp³-hybridized carbons (Fsp3) is 0.231. The van der Waals surface area contributed by atoms with E-state index in [0.29, 0.717) is 11.3 Å². The number of hydroxylamine groups is 1. The zero-order valence-corrected chi connectivity index (χ0v) is 19.6. The van der Waals surface area contributed by atoms with Gasteiger partial charge in [0.25, 0.3) is 11.8 Å². The van der Waals surface area contributed by atoms with Crippen molar-refractivity contribution < 1.29 is 25.0 Å². The topological polar surface area (TPSA) is 113 Å². The molecule has 8 nitrogen and oxygen atoms in total. The van der Waals surface area contributed by atoms with Crippen molar-refractivity contribution >= 4 is 23.2 Å². The maximum absolute atomic E-state index is 13.7. The maximum atomic E-state index is 13.7. The van der Waals surface area contributed by atoms with Gasteiger partial charge in [0.1, 0.15) is 11.5 Å². The minimum absolute atomic E-state index is 0.0507. The highest BCUT2D eigenvalue weighted by Crippen LogP contribution is 2.34. The SMILES string of the molecule is CC(C)c1cc(C(=O)N(Cc2ccc(C(=O)NO)cc2)c2ccc(N(C)C)cc2)c(O)cc1O. The molecule has 0 saturated carbocycles. The first kappa shape index (κ1) is 24.6. The smallest absolute Gasteiger partial charge is 0.274 e. The molecule has 3 rings (SSSR count). The molecular formula is C26H29N3O5. The minimum Gasteiger partial charge on any atom is -0.508 e. The lowest BCUT2D eigenvalue weighted by atomic mass is 9.98. The monoisotopic (exact) mass is 463 g/mol. The van der Waals surface area contributed by atoms with Crippen LogP contribution in [0.1, 0.15) is 51.6 Å². The van der Waals surface area contributed by atoms with Crippen LogP contribution in [0.4, 0.5) is 11.4 Å². The van der Waals surface area contributed by atoms with Gasteiger partial charge in [-0.3, -0.25) is 14.8 Å².